The Morgan fingerprint density at radius 3 is 2.60 bits per heavy atom. The Balaban J connectivity index is 2.58. The third-order valence-electron chi connectivity index (χ3n) is 2.85. The zero-order valence-corrected chi connectivity index (χ0v) is 9.77. The minimum Gasteiger partial charge on any atom is -0.481 e. The van der Waals surface area contributed by atoms with E-state index in [4.69, 9.17) is 5.11 Å². The number of carboxylic acid groups (broad SMARTS) is 1. The predicted molar refractivity (Wildman–Crippen MR) is 57.4 cm³/mol. The second kappa shape index (κ2) is 3.30. The van der Waals surface area contributed by atoms with Gasteiger partial charge in [-0.2, -0.15) is 0 Å². The molecule has 0 saturated heterocycles. The third kappa shape index (κ3) is 1.57. The van der Waals surface area contributed by atoms with Gasteiger partial charge < -0.3 is 5.11 Å². The van der Waals surface area contributed by atoms with Crippen molar-refractivity contribution < 1.29 is 14.3 Å². The fourth-order valence-electron chi connectivity index (χ4n) is 1.80. The molecule has 0 heterocycles. The van der Waals surface area contributed by atoms with E-state index in [-0.39, 0.29) is 4.47 Å². The summed E-state index contributed by atoms with van der Waals surface area (Å²) < 4.78 is 13.7. The highest BCUT2D eigenvalue weighted by molar-refractivity contribution is 9.10. The fourth-order valence-corrected chi connectivity index (χ4v) is 2.40. The van der Waals surface area contributed by atoms with Gasteiger partial charge in [0.25, 0.3) is 0 Å². The summed E-state index contributed by atoms with van der Waals surface area (Å²) in [5.41, 5.74) is 0.455. The summed E-state index contributed by atoms with van der Waals surface area (Å²) >= 11 is 3.12. The first kappa shape index (κ1) is 10.6. The Bertz CT molecular complexity index is 438. The predicted octanol–water partition coefficient (Wildman–Crippen LogP) is 3.01. The number of carbonyl (C=O) groups is 1. The lowest BCUT2D eigenvalue weighted by Crippen LogP contribution is -2.20. The van der Waals surface area contributed by atoms with E-state index in [9.17, 15) is 9.18 Å². The summed E-state index contributed by atoms with van der Waals surface area (Å²) in [6.07, 6.45) is 1.17. The number of aryl methyl sites for hydroxylation is 1. The second-order valence-electron chi connectivity index (χ2n) is 4.00. The molecule has 15 heavy (non-hydrogen) atoms. The number of benzene rings is 1. The Kier molecular flexibility index (Phi) is 2.34. The SMILES string of the molecule is Cc1cc(F)c(Br)c(C2(C(=O)O)CC2)c1. The molecule has 1 saturated carbocycles. The maximum Gasteiger partial charge on any atom is 0.314 e. The number of carboxylic acids is 1. The normalized spacial score (nSPS) is 17.5. The zero-order chi connectivity index (χ0) is 11.2. The molecule has 0 amide bonds. The van der Waals surface area contributed by atoms with Crippen LogP contribution in [0.1, 0.15) is 24.0 Å². The average molecular weight is 273 g/mol. The highest BCUT2D eigenvalue weighted by Gasteiger charge is 2.53. The quantitative estimate of drug-likeness (QED) is 0.899. The molecule has 1 aliphatic rings. The van der Waals surface area contributed by atoms with E-state index in [1.54, 1.807) is 13.0 Å². The number of aliphatic carboxylic acids is 1. The molecule has 80 valence electrons. The van der Waals surface area contributed by atoms with Crippen LogP contribution in [0.15, 0.2) is 16.6 Å². The van der Waals surface area contributed by atoms with Crippen molar-refractivity contribution in [2.75, 3.05) is 0 Å². The van der Waals surface area contributed by atoms with Crippen LogP contribution in [0.3, 0.4) is 0 Å². The van der Waals surface area contributed by atoms with Gasteiger partial charge in [0.15, 0.2) is 0 Å². The van der Waals surface area contributed by atoms with E-state index in [1.807, 2.05) is 0 Å². The lowest BCUT2D eigenvalue weighted by molar-refractivity contribution is -0.140. The summed E-state index contributed by atoms with van der Waals surface area (Å²) in [6, 6.07) is 3.14. The van der Waals surface area contributed by atoms with Crippen LogP contribution in [0.2, 0.25) is 0 Å². The molecule has 1 fully saturated rings. The van der Waals surface area contributed by atoms with E-state index < -0.39 is 17.2 Å². The van der Waals surface area contributed by atoms with Crippen molar-refractivity contribution in [1.29, 1.82) is 0 Å². The van der Waals surface area contributed by atoms with Crippen molar-refractivity contribution in [3.63, 3.8) is 0 Å². The van der Waals surface area contributed by atoms with Crippen LogP contribution in [0.25, 0.3) is 0 Å². The summed E-state index contributed by atoms with van der Waals surface area (Å²) in [5.74, 6) is -1.26. The van der Waals surface area contributed by atoms with Gasteiger partial charge in [-0.15, -0.1) is 0 Å². The van der Waals surface area contributed by atoms with Crippen LogP contribution in [-0.2, 0) is 10.2 Å². The Morgan fingerprint density at radius 1 is 1.53 bits per heavy atom. The Labute approximate surface area is 95.2 Å². The van der Waals surface area contributed by atoms with Crippen molar-refractivity contribution in [1.82, 2.24) is 0 Å². The molecule has 0 atom stereocenters. The zero-order valence-electron chi connectivity index (χ0n) is 8.18. The molecule has 0 aliphatic heterocycles. The van der Waals surface area contributed by atoms with Gasteiger partial charge >= 0.3 is 5.97 Å². The van der Waals surface area contributed by atoms with Crippen LogP contribution >= 0.6 is 15.9 Å². The molecule has 0 bridgehead atoms. The van der Waals surface area contributed by atoms with Gasteiger partial charge in [0.1, 0.15) is 5.82 Å². The molecular weight excluding hydrogens is 263 g/mol. The maximum atomic E-state index is 13.4. The van der Waals surface area contributed by atoms with Crippen LogP contribution in [-0.4, -0.2) is 11.1 Å². The lowest BCUT2D eigenvalue weighted by atomic mass is 9.94. The van der Waals surface area contributed by atoms with Gasteiger partial charge in [-0.1, -0.05) is 6.07 Å². The van der Waals surface area contributed by atoms with Crippen LogP contribution in [0.4, 0.5) is 4.39 Å². The number of halogens is 2. The minimum atomic E-state index is -0.867. The van der Waals surface area contributed by atoms with E-state index in [2.05, 4.69) is 15.9 Å². The number of hydrogen-bond acceptors (Lipinski definition) is 1. The molecule has 2 nitrogen and oxygen atoms in total. The highest BCUT2D eigenvalue weighted by Crippen LogP contribution is 2.51. The van der Waals surface area contributed by atoms with Crippen molar-refractivity contribution in [2.24, 2.45) is 0 Å². The van der Waals surface area contributed by atoms with Gasteiger partial charge in [-0.3, -0.25) is 4.79 Å². The lowest BCUT2D eigenvalue weighted by Gasteiger charge is -2.13. The van der Waals surface area contributed by atoms with E-state index in [1.165, 1.54) is 6.07 Å². The monoisotopic (exact) mass is 272 g/mol. The molecule has 1 aliphatic carbocycles. The molecule has 1 aromatic rings. The average Bonchev–Trinajstić information content (AvgIpc) is 2.91. The minimum absolute atomic E-state index is 0.285. The van der Waals surface area contributed by atoms with Gasteiger partial charge in [0, 0.05) is 0 Å². The topological polar surface area (TPSA) is 37.3 Å². The van der Waals surface area contributed by atoms with Crippen LogP contribution in [0, 0.1) is 12.7 Å². The van der Waals surface area contributed by atoms with Crippen LogP contribution < -0.4 is 0 Å². The summed E-state index contributed by atoms with van der Waals surface area (Å²) in [7, 11) is 0. The maximum absolute atomic E-state index is 13.4. The first-order chi connectivity index (χ1) is 6.97. The van der Waals surface area contributed by atoms with Crippen LogP contribution in [0.5, 0.6) is 0 Å². The summed E-state index contributed by atoms with van der Waals surface area (Å²) in [6.45, 7) is 1.76. The van der Waals surface area contributed by atoms with Crippen molar-refractivity contribution in [2.45, 2.75) is 25.2 Å². The molecule has 1 N–H and O–H groups in total. The van der Waals surface area contributed by atoms with Crippen molar-refractivity contribution in [3.05, 3.63) is 33.5 Å². The molecule has 0 radical (unpaired) electrons. The van der Waals surface area contributed by atoms with E-state index in [0.29, 0.717) is 18.4 Å². The molecule has 0 aromatic heterocycles. The first-order valence-electron chi connectivity index (χ1n) is 4.67. The van der Waals surface area contributed by atoms with Crippen molar-refractivity contribution in [3.8, 4) is 0 Å². The molecular formula is C11H10BrFO2. The number of rotatable bonds is 2. The summed E-state index contributed by atoms with van der Waals surface area (Å²) in [5, 5.41) is 9.12. The largest absolute Gasteiger partial charge is 0.481 e. The molecule has 0 unspecified atom stereocenters. The Morgan fingerprint density at radius 2 is 2.13 bits per heavy atom. The van der Waals surface area contributed by atoms with Crippen molar-refractivity contribution >= 4 is 21.9 Å². The summed E-state index contributed by atoms with van der Waals surface area (Å²) in [4.78, 5) is 11.1. The standard InChI is InChI=1S/C11H10BrFO2/c1-6-4-7(9(12)8(13)5-6)11(2-3-11)10(14)15/h4-5H,2-3H2,1H3,(H,14,15). The number of hydrogen-bond donors (Lipinski definition) is 1. The van der Waals surface area contributed by atoms with Gasteiger partial charge in [0.2, 0.25) is 0 Å². The van der Waals surface area contributed by atoms with E-state index in [0.717, 1.165) is 5.56 Å². The van der Waals surface area contributed by atoms with Gasteiger partial charge in [-0.25, -0.2) is 4.39 Å². The molecule has 4 heteroatoms. The fraction of sp³-hybridized carbons (Fsp3) is 0.364. The Hall–Kier alpha value is -0.900. The smallest absolute Gasteiger partial charge is 0.314 e. The molecule has 2 rings (SSSR count). The van der Waals surface area contributed by atoms with Gasteiger partial charge in [-0.05, 0) is 52.9 Å². The molecule has 1 aromatic carbocycles. The first-order valence-corrected chi connectivity index (χ1v) is 5.46. The van der Waals surface area contributed by atoms with Gasteiger partial charge in [0.05, 0.1) is 9.89 Å². The third-order valence-corrected chi connectivity index (χ3v) is 3.65. The second-order valence-corrected chi connectivity index (χ2v) is 4.79. The highest BCUT2D eigenvalue weighted by atomic mass is 79.9. The molecule has 0 spiro atoms. The van der Waals surface area contributed by atoms with E-state index >= 15 is 0 Å².